The van der Waals surface area contributed by atoms with Crippen LogP contribution in [0.5, 0.6) is 0 Å². The van der Waals surface area contributed by atoms with Gasteiger partial charge in [-0.3, -0.25) is 0 Å². The standard InChI is InChI=1S/C13H27BSi/c1-6-9-10-13(14(7-2)8-3)15-11-12(4)5/h9-10,12-13H,6-8,11H2,1-5H3/b10-9+. The van der Waals surface area contributed by atoms with Crippen LogP contribution in [0.4, 0.5) is 0 Å². The van der Waals surface area contributed by atoms with E-state index in [2.05, 4.69) is 46.8 Å². The normalized spacial score (nSPS) is 13.7. The Bertz CT molecular complexity index is 162. The summed E-state index contributed by atoms with van der Waals surface area (Å²) in [5, 5.41) is 0. The second kappa shape index (κ2) is 9.26. The van der Waals surface area contributed by atoms with E-state index in [1.165, 1.54) is 25.1 Å². The van der Waals surface area contributed by atoms with Gasteiger partial charge in [0.2, 0.25) is 0 Å². The van der Waals surface area contributed by atoms with Gasteiger partial charge in [-0.1, -0.05) is 70.9 Å². The molecule has 0 aliphatic heterocycles. The van der Waals surface area contributed by atoms with Gasteiger partial charge in [-0.2, -0.15) is 0 Å². The molecule has 0 aromatic carbocycles. The van der Waals surface area contributed by atoms with Gasteiger partial charge < -0.3 is 0 Å². The molecule has 0 saturated carbocycles. The Labute approximate surface area is 99.8 Å². The average molecular weight is 222 g/mol. The topological polar surface area (TPSA) is 0 Å². The molecular weight excluding hydrogens is 195 g/mol. The lowest BCUT2D eigenvalue weighted by Crippen LogP contribution is -2.22. The van der Waals surface area contributed by atoms with Crippen LogP contribution in [-0.4, -0.2) is 16.2 Å². The minimum atomic E-state index is 0.849. The van der Waals surface area contributed by atoms with Crippen molar-refractivity contribution in [2.24, 2.45) is 5.92 Å². The van der Waals surface area contributed by atoms with Gasteiger partial charge in [0.25, 0.3) is 0 Å². The summed E-state index contributed by atoms with van der Waals surface area (Å²) in [6.07, 6.45) is 8.69. The highest BCUT2D eigenvalue weighted by molar-refractivity contribution is 6.72. The zero-order chi connectivity index (χ0) is 11.7. The molecule has 1 unspecified atom stereocenters. The summed E-state index contributed by atoms with van der Waals surface area (Å²) >= 11 is 0. The molecule has 0 N–H and O–H groups in total. The van der Waals surface area contributed by atoms with E-state index < -0.39 is 0 Å². The average Bonchev–Trinajstić information content (AvgIpc) is 2.22. The maximum absolute atomic E-state index is 2.48. The molecule has 2 radical (unpaired) electrons. The predicted octanol–water partition coefficient (Wildman–Crippen LogP) is 4.59. The molecule has 0 aromatic heterocycles. The lowest BCUT2D eigenvalue weighted by atomic mass is 9.43. The van der Waals surface area contributed by atoms with Gasteiger partial charge in [0.15, 0.2) is 0 Å². The van der Waals surface area contributed by atoms with Gasteiger partial charge in [0.05, 0.1) is 0 Å². The Kier molecular flexibility index (Phi) is 9.28. The van der Waals surface area contributed by atoms with Gasteiger partial charge in [-0.15, -0.1) is 0 Å². The van der Waals surface area contributed by atoms with E-state index in [1.54, 1.807) is 0 Å². The van der Waals surface area contributed by atoms with Crippen molar-refractivity contribution in [3.8, 4) is 0 Å². The van der Waals surface area contributed by atoms with Crippen LogP contribution in [0.25, 0.3) is 0 Å². The van der Waals surface area contributed by atoms with E-state index in [0.717, 1.165) is 27.6 Å². The molecular formula is C13H27BSi. The van der Waals surface area contributed by atoms with Gasteiger partial charge in [-0.25, -0.2) is 0 Å². The number of rotatable bonds is 8. The molecule has 0 heterocycles. The first kappa shape index (κ1) is 15.0. The summed E-state index contributed by atoms with van der Waals surface area (Å²) in [5.74, 6) is 0.857. The highest BCUT2D eigenvalue weighted by Crippen LogP contribution is 2.21. The molecule has 0 aliphatic carbocycles. The summed E-state index contributed by atoms with van der Waals surface area (Å²) in [6.45, 7) is 12.5. The number of hydrogen-bond donors (Lipinski definition) is 0. The number of allylic oxidation sites excluding steroid dienone is 2. The lowest BCUT2D eigenvalue weighted by Gasteiger charge is -2.19. The van der Waals surface area contributed by atoms with Crippen LogP contribution in [0.15, 0.2) is 12.2 Å². The van der Waals surface area contributed by atoms with Crippen molar-refractivity contribution < 1.29 is 0 Å². The van der Waals surface area contributed by atoms with Crippen molar-refractivity contribution in [1.82, 2.24) is 0 Å². The summed E-state index contributed by atoms with van der Waals surface area (Å²) in [4.78, 5) is 0. The van der Waals surface area contributed by atoms with Gasteiger partial charge >= 0.3 is 0 Å². The van der Waals surface area contributed by atoms with Crippen molar-refractivity contribution in [2.75, 3.05) is 0 Å². The molecule has 2 heteroatoms. The quantitative estimate of drug-likeness (QED) is 0.416. The summed E-state index contributed by atoms with van der Waals surface area (Å²) < 4.78 is 0. The minimum Gasteiger partial charge on any atom is -0.0957 e. The highest BCUT2D eigenvalue weighted by atomic mass is 28.2. The Morgan fingerprint density at radius 3 is 2.13 bits per heavy atom. The molecule has 0 fully saturated rings. The first-order chi connectivity index (χ1) is 7.15. The lowest BCUT2D eigenvalue weighted by molar-refractivity contribution is 0.729. The van der Waals surface area contributed by atoms with E-state index in [4.69, 9.17) is 0 Å². The molecule has 0 rings (SSSR count). The van der Waals surface area contributed by atoms with E-state index in [-0.39, 0.29) is 0 Å². The van der Waals surface area contributed by atoms with Crippen molar-refractivity contribution in [3.05, 3.63) is 12.2 Å². The summed E-state index contributed by atoms with van der Waals surface area (Å²) in [7, 11) is 1.12. The molecule has 0 nitrogen and oxygen atoms in total. The third-order valence-electron chi connectivity index (χ3n) is 2.90. The van der Waals surface area contributed by atoms with E-state index in [9.17, 15) is 0 Å². The zero-order valence-electron chi connectivity index (χ0n) is 11.2. The van der Waals surface area contributed by atoms with Crippen molar-refractivity contribution >= 4 is 16.2 Å². The molecule has 0 amide bonds. The van der Waals surface area contributed by atoms with Gasteiger partial charge in [-0.05, 0) is 12.3 Å². The third-order valence-corrected chi connectivity index (χ3v) is 5.09. The second-order valence-electron chi connectivity index (χ2n) is 4.74. The Morgan fingerprint density at radius 2 is 1.73 bits per heavy atom. The first-order valence-corrected chi connectivity index (χ1v) is 7.84. The van der Waals surface area contributed by atoms with Crippen LogP contribution in [-0.2, 0) is 0 Å². The van der Waals surface area contributed by atoms with E-state index in [0.29, 0.717) is 0 Å². The molecule has 15 heavy (non-hydrogen) atoms. The van der Waals surface area contributed by atoms with Crippen LogP contribution >= 0.6 is 0 Å². The van der Waals surface area contributed by atoms with Crippen molar-refractivity contribution in [2.45, 2.75) is 65.2 Å². The van der Waals surface area contributed by atoms with Crippen LogP contribution in [0.2, 0.25) is 24.1 Å². The van der Waals surface area contributed by atoms with Crippen LogP contribution < -0.4 is 0 Å². The monoisotopic (exact) mass is 222 g/mol. The maximum atomic E-state index is 2.48. The van der Waals surface area contributed by atoms with Crippen molar-refractivity contribution in [1.29, 1.82) is 0 Å². The SMILES string of the molecule is CC/C=C/C([Si]CC(C)C)B(CC)CC. The molecule has 1 atom stereocenters. The molecule has 0 spiro atoms. The zero-order valence-corrected chi connectivity index (χ0v) is 12.2. The molecule has 86 valence electrons. The van der Waals surface area contributed by atoms with E-state index in [1.807, 2.05) is 0 Å². The maximum Gasteiger partial charge on any atom is 0.143 e. The minimum absolute atomic E-state index is 0.849. The fourth-order valence-corrected chi connectivity index (χ4v) is 3.66. The van der Waals surface area contributed by atoms with Crippen LogP contribution in [0, 0.1) is 5.92 Å². The van der Waals surface area contributed by atoms with Crippen LogP contribution in [0.1, 0.15) is 41.0 Å². The number of hydrogen-bond acceptors (Lipinski definition) is 0. The molecule has 0 aromatic rings. The molecule has 0 bridgehead atoms. The van der Waals surface area contributed by atoms with E-state index >= 15 is 0 Å². The summed E-state index contributed by atoms with van der Waals surface area (Å²) in [5.41, 5.74) is 0.849. The Morgan fingerprint density at radius 1 is 1.13 bits per heavy atom. The summed E-state index contributed by atoms with van der Waals surface area (Å²) in [6, 6.07) is 1.40. The van der Waals surface area contributed by atoms with Crippen LogP contribution in [0.3, 0.4) is 0 Å². The smallest absolute Gasteiger partial charge is 0.0957 e. The third kappa shape index (κ3) is 6.99. The Balaban J connectivity index is 4.21. The first-order valence-electron chi connectivity index (χ1n) is 6.55. The highest BCUT2D eigenvalue weighted by Gasteiger charge is 2.19. The fraction of sp³-hybridized carbons (Fsp3) is 0.846. The molecule has 0 saturated heterocycles. The predicted molar refractivity (Wildman–Crippen MR) is 75.3 cm³/mol. The largest absolute Gasteiger partial charge is 0.143 e. The van der Waals surface area contributed by atoms with Gasteiger partial charge in [0, 0.05) is 9.52 Å². The fourth-order valence-electron chi connectivity index (χ4n) is 1.84. The van der Waals surface area contributed by atoms with Crippen molar-refractivity contribution in [3.63, 3.8) is 0 Å². The molecule has 0 aliphatic rings. The second-order valence-corrected chi connectivity index (χ2v) is 6.22. The van der Waals surface area contributed by atoms with Gasteiger partial charge in [0.1, 0.15) is 6.71 Å². The Hall–Kier alpha value is 0.0218.